The summed E-state index contributed by atoms with van der Waals surface area (Å²) in [5.41, 5.74) is 8.76. The Morgan fingerprint density at radius 3 is 2.17 bits per heavy atom. The van der Waals surface area contributed by atoms with E-state index in [1.807, 2.05) is 33.9 Å². The van der Waals surface area contributed by atoms with Crippen LogP contribution in [0.4, 0.5) is 0 Å². The molecule has 5 rings (SSSR count). The maximum absolute atomic E-state index is 11.2. The molecule has 0 unspecified atom stereocenters. The second-order valence-electron chi connectivity index (χ2n) is 12.9. The number of allylic oxidation sites excluding steroid dienone is 2. The zero-order chi connectivity index (χ0) is 29.0. The first-order valence-electron chi connectivity index (χ1n) is 14.4. The number of carbonyl (C=O) groups excluding carboxylic acids is 1. The van der Waals surface area contributed by atoms with Crippen molar-refractivity contribution in [1.82, 2.24) is 4.98 Å². The van der Waals surface area contributed by atoms with Gasteiger partial charge in [0.05, 0.1) is 5.76 Å². The molecule has 1 radical (unpaired) electrons. The molecule has 4 heteroatoms. The molecule has 1 aromatic heterocycles. The summed E-state index contributed by atoms with van der Waals surface area (Å²) < 4.78 is 0. The molecule has 217 valence electrons. The second-order valence-corrected chi connectivity index (χ2v) is 12.9. The molecule has 41 heavy (non-hydrogen) atoms. The number of benzene rings is 3. The minimum atomic E-state index is 0. The summed E-state index contributed by atoms with van der Waals surface area (Å²) in [5.74, 6) is 0.979. The number of aliphatic hydroxyl groups is 1. The molecule has 0 amide bonds. The largest absolute Gasteiger partial charge is 0.512 e. The van der Waals surface area contributed by atoms with Gasteiger partial charge in [-0.05, 0) is 50.9 Å². The van der Waals surface area contributed by atoms with Crippen LogP contribution in [0.1, 0.15) is 66.9 Å². The number of pyridine rings is 1. The molecule has 0 aliphatic heterocycles. The molecule has 1 aliphatic carbocycles. The van der Waals surface area contributed by atoms with Crippen LogP contribution in [-0.2, 0) is 31.3 Å². The average molecular weight is 725 g/mol. The molecule has 0 bridgehead atoms. The molecular weight excluding hydrogens is 683 g/mol. The molecule has 1 heterocycles. The maximum atomic E-state index is 11.2. The SMILES string of the molecule is CC(C)(C)Cc1c[c-]c2c(c1)-c1ccccc1-c1cccc3ccnc-2c13.CC(C)CC(=O)/C=C(\O)CC(C)C.[Ir]. The van der Waals surface area contributed by atoms with Crippen LogP contribution in [0.2, 0.25) is 0 Å². The van der Waals surface area contributed by atoms with Gasteiger partial charge in [-0.2, -0.15) is 0 Å². The van der Waals surface area contributed by atoms with Crippen LogP contribution in [0.25, 0.3) is 44.3 Å². The third-order valence-corrected chi connectivity index (χ3v) is 6.83. The fraction of sp³-hybridized carbons (Fsp3) is 0.351. The standard InChI is InChI=1S/C26H22N.C11H20O2.Ir/c1-26(2,3)16-17-11-12-22-23(15-17)20-9-5-4-8-19(20)21-10-6-7-18-13-14-27-25(22)24(18)21;1-8(2)5-10(12)7-11(13)6-9(3)4;/h4-11,13-15H,16H2,1-3H3;7-9,12H,5-6H2,1-4H3;/q-1;;/b;10-7-;. The van der Waals surface area contributed by atoms with E-state index in [4.69, 9.17) is 4.98 Å². The molecule has 0 atom stereocenters. The van der Waals surface area contributed by atoms with Crippen LogP contribution in [0.15, 0.2) is 78.7 Å². The number of hydrogen-bond donors (Lipinski definition) is 1. The van der Waals surface area contributed by atoms with Crippen LogP contribution < -0.4 is 0 Å². The molecule has 4 aromatic rings. The third-order valence-electron chi connectivity index (χ3n) is 6.83. The molecule has 0 spiro atoms. The maximum Gasteiger partial charge on any atom is 0.159 e. The summed E-state index contributed by atoms with van der Waals surface area (Å²) in [7, 11) is 0. The minimum Gasteiger partial charge on any atom is -0.512 e. The summed E-state index contributed by atoms with van der Waals surface area (Å²) in [6, 6.07) is 25.4. The number of hydrogen-bond acceptors (Lipinski definition) is 3. The second kappa shape index (κ2) is 13.7. The van der Waals surface area contributed by atoms with Crippen molar-refractivity contribution < 1.29 is 30.0 Å². The molecule has 1 N–H and O–H groups in total. The van der Waals surface area contributed by atoms with Crippen LogP contribution in [0.5, 0.6) is 0 Å². The average Bonchev–Trinajstić information content (AvgIpc) is 2.97. The van der Waals surface area contributed by atoms with Gasteiger partial charge < -0.3 is 10.1 Å². The normalized spacial score (nSPS) is 12.2. The van der Waals surface area contributed by atoms with E-state index in [0.29, 0.717) is 24.7 Å². The Balaban J connectivity index is 0.000000284. The quantitative estimate of drug-likeness (QED) is 0.108. The van der Waals surface area contributed by atoms with Crippen LogP contribution in [-0.4, -0.2) is 15.9 Å². The Labute approximate surface area is 259 Å². The monoisotopic (exact) mass is 725 g/mol. The van der Waals surface area contributed by atoms with E-state index in [2.05, 4.69) is 87.5 Å². The predicted molar refractivity (Wildman–Crippen MR) is 168 cm³/mol. The molecule has 0 saturated carbocycles. The fourth-order valence-corrected chi connectivity index (χ4v) is 5.39. The Morgan fingerprint density at radius 1 is 0.902 bits per heavy atom. The molecule has 0 fully saturated rings. The van der Waals surface area contributed by atoms with Crippen molar-refractivity contribution >= 4 is 16.6 Å². The predicted octanol–water partition coefficient (Wildman–Crippen LogP) is 10.0. The smallest absolute Gasteiger partial charge is 0.159 e. The minimum absolute atomic E-state index is 0. The first-order chi connectivity index (χ1) is 18.9. The van der Waals surface area contributed by atoms with Crippen molar-refractivity contribution in [1.29, 1.82) is 0 Å². The van der Waals surface area contributed by atoms with E-state index in [0.717, 1.165) is 17.7 Å². The number of nitrogens with zero attached hydrogens (tertiary/aromatic N) is 1. The van der Waals surface area contributed by atoms with Gasteiger partial charge in [0.25, 0.3) is 0 Å². The van der Waals surface area contributed by atoms with E-state index in [-0.39, 0.29) is 37.1 Å². The zero-order valence-electron chi connectivity index (χ0n) is 25.3. The fourth-order valence-electron chi connectivity index (χ4n) is 5.39. The Kier molecular flexibility index (Phi) is 10.9. The summed E-state index contributed by atoms with van der Waals surface area (Å²) in [5, 5.41) is 11.8. The first kappa shape index (κ1) is 32.4. The van der Waals surface area contributed by atoms with E-state index < -0.39 is 0 Å². The number of aliphatic hydroxyl groups excluding tert-OH is 1. The zero-order valence-corrected chi connectivity index (χ0v) is 27.7. The van der Waals surface area contributed by atoms with Gasteiger partial charge in [0.1, 0.15) is 0 Å². The van der Waals surface area contributed by atoms with Gasteiger partial charge in [-0.3, -0.25) is 4.79 Å². The van der Waals surface area contributed by atoms with Gasteiger partial charge in [-0.15, -0.1) is 29.3 Å². The summed E-state index contributed by atoms with van der Waals surface area (Å²) >= 11 is 0. The van der Waals surface area contributed by atoms with Crippen LogP contribution in [0, 0.1) is 23.3 Å². The van der Waals surface area contributed by atoms with E-state index in [9.17, 15) is 9.90 Å². The van der Waals surface area contributed by atoms with Gasteiger partial charge in [0, 0.05) is 45.2 Å². The van der Waals surface area contributed by atoms with Crippen molar-refractivity contribution in [2.45, 2.75) is 67.7 Å². The number of ketones is 1. The van der Waals surface area contributed by atoms with E-state index >= 15 is 0 Å². The molecule has 1 aliphatic rings. The van der Waals surface area contributed by atoms with Gasteiger partial charge in [0.15, 0.2) is 5.78 Å². The number of carbonyl (C=O) groups is 1. The molecular formula is C37H42IrNO2-. The number of aromatic nitrogens is 1. The Bertz CT molecular complexity index is 1540. The van der Waals surface area contributed by atoms with Crippen molar-refractivity contribution in [2.24, 2.45) is 17.3 Å². The van der Waals surface area contributed by atoms with Crippen molar-refractivity contribution in [3.05, 3.63) is 90.3 Å². The topological polar surface area (TPSA) is 50.2 Å². The Morgan fingerprint density at radius 2 is 1.54 bits per heavy atom. The Hall–Kier alpha value is -3.07. The molecule has 3 nitrogen and oxygen atoms in total. The van der Waals surface area contributed by atoms with Gasteiger partial charge >= 0.3 is 0 Å². The summed E-state index contributed by atoms with van der Waals surface area (Å²) in [4.78, 5) is 16.0. The van der Waals surface area contributed by atoms with Crippen molar-refractivity contribution in [2.75, 3.05) is 0 Å². The number of rotatable bonds is 6. The summed E-state index contributed by atoms with van der Waals surface area (Å²) in [6.45, 7) is 14.9. The molecule has 3 aromatic carbocycles. The third kappa shape index (κ3) is 8.24. The van der Waals surface area contributed by atoms with Gasteiger partial charge in [-0.1, -0.05) is 108 Å². The molecule has 0 saturated heterocycles. The van der Waals surface area contributed by atoms with Crippen LogP contribution >= 0.6 is 0 Å². The van der Waals surface area contributed by atoms with Gasteiger partial charge in [0.2, 0.25) is 0 Å². The van der Waals surface area contributed by atoms with Gasteiger partial charge in [-0.25, -0.2) is 0 Å². The first-order valence-corrected chi connectivity index (χ1v) is 14.4. The number of fused-ring (bicyclic) bond motifs is 5. The van der Waals surface area contributed by atoms with E-state index in [1.165, 1.54) is 44.7 Å². The van der Waals surface area contributed by atoms with Crippen LogP contribution in [0.3, 0.4) is 0 Å². The van der Waals surface area contributed by atoms with Crippen molar-refractivity contribution in [3.63, 3.8) is 0 Å². The van der Waals surface area contributed by atoms with Crippen molar-refractivity contribution in [3.8, 4) is 33.5 Å². The van der Waals surface area contributed by atoms with E-state index in [1.54, 1.807) is 0 Å². The summed E-state index contributed by atoms with van der Waals surface area (Å²) in [6.07, 6.45) is 5.41.